The zero-order valence-corrected chi connectivity index (χ0v) is 13.5. The van der Waals surface area contributed by atoms with Gasteiger partial charge in [-0.1, -0.05) is 21.6 Å². The highest BCUT2D eigenvalue weighted by Gasteiger charge is 2.21. The predicted molar refractivity (Wildman–Crippen MR) is 80.2 cm³/mol. The van der Waals surface area contributed by atoms with Gasteiger partial charge in [-0.3, -0.25) is 0 Å². The lowest BCUT2D eigenvalue weighted by atomic mass is 10.3. The van der Waals surface area contributed by atoms with Crippen molar-refractivity contribution < 1.29 is 37.9 Å². The van der Waals surface area contributed by atoms with Crippen LogP contribution < -0.4 is 0 Å². The summed E-state index contributed by atoms with van der Waals surface area (Å²) in [7, 11) is 2.20. The molecular weight excluding hydrogens is 352 g/mol. The molecule has 0 amide bonds. The van der Waals surface area contributed by atoms with Crippen molar-refractivity contribution in [3.05, 3.63) is 0 Å². The Morgan fingerprint density at radius 2 is 1.00 bits per heavy atom. The molecule has 0 saturated heterocycles. The summed E-state index contributed by atoms with van der Waals surface area (Å²) in [4.78, 5) is 0. The van der Waals surface area contributed by atoms with Crippen LogP contribution in [0.15, 0.2) is 0 Å². The maximum absolute atomic E-state index is 10.4. The molecule has 0 heterocycles. The Morgan fingerprint density at radius 1 is 0.700 bits per heavy atom. The lowest BCUT2D eigenvalue weighted by Gasteiger charge is -2.17. The molecule has 0 aromatic carbocycles. The van der Waals surface area contributed by atoms with Crippen LogP contribution in [0.4, 0.5) is 0 Å². The van der Waals surface area contributed by atoms with E-state index in [1.807, 2.05) is 0 Å². The van der Waals surface area contributed by atoms with E-state index in [1.54, 1.807) is 0 Å². The van der Waals surface area contributed by atoms with Crippen LogP contribution in [0, 0.1) is 0 Å². The van der Waals surface area contributed by atoms with E-state index in [9.17, 15) is 28.8 Å². The minimum Gasteiger partial charge on any atom is -0.389 e. The Bertz CT molecular complexity index is 287. The van der Waals surface area contributed by atoms with Gasteiger partial charge in [0.2, 0.25) is 0 Å². The average molecular weight is 370 g/mol. The number of aliphatic hydroxyl groups is 4. The van der Waals surface area contributed by atoms with Gasteiger partial charge in [-0.2, -0.15) is 0 Å². The van der Waals surface area contributed by atoms with Crippen LogP contribution in [-0.2, 0) is 22.2 Å². The topological polar surface area (TPSA) is 156 Å². The highest BCUT2D eigenvalue weighted by atomic mass is 33.1. The second-order valence-corrected chi connectivity index (χ2v) is 8.32. The van der Waals surface area contributed by atoms with E-state index in [4.69, 9.17) is 9.11 Å². The summed E-state index contributed by atoms with van der Waals surface area (Å²) in [5, 5.41) is 37.5. The van der Waals surface area contributed by atoms with Gasteiger partial charge in [-0.05, 0) is 0 Å². The van der Waals surface area contributed by atoms with Gasteiger partial charge in [0, 0.05) is 11.5 Å². The lowest BCUT2D eigenvalue weighted by molar-refractivity contribution is 0.0484. The Balaban J connectivity index is 3.79. The number of aliphatic hydroxyl groups excluding tert-OH is 4. The lowest BCUT2D eigenvalue weighted by Crippen LogP contribution is -2.33. The molecule has 2 unspecified atom stereocenters. The normalized spacial score (nSPS) is 20.9. The van der Waals surface area contributed by atoms with Crippen LogP contribution in [0.3, 0.4) is 0 Å². The Morgan fingerprint density at radius 3 is 1.25 bits per heavy atom. The molecule has 0 fully saturated rings. The summed E-state index contributed by atoms with van der Waals surface area (Å²) in [5.41, 5.74) is 0. The largest absolute Gasteiger partial charge is 0.389 e. The minimum atomic E-state index is -2.19. The van der Waals surface area contributed by atoms with E-state index in [-0.39, 0.29) is 11.5 Å². The molecular formula is C8H18O8S4. The Hall–Kier alpha value is 0.760. The molecule has 0 spiro atoms. The van der Waals surface area contributed by atoms with Gasteiger partial charge in [0.25, 0.3) is 0 Å². The van der Waals surface area contributed by atoms with Crippen molar-refractivity contribution in [2.24, 2.45) is 0 Å². The van der Waals surface area contributed by atoms with E-state index >= 15 is 0 Å². The molecule has 122 valence electrons. The summed E-state index contributed by atoms with van der Waals surface area (Å²) in [5.74, 6) is -0.762. The molecule has 20 heavy (non-hydrogen) atoms. The SMILES string of the molecule is O=S(O)C[C@H](O)[C@@H](O)CSSC[C@H](O)[C@@H](O)CS(=O)O. The van der Waals surface area contributed by atoms with Crippen LogP contribution >= 0.6 is 21.6 Å². The molecule has 0 bridgehead atoms. The van der Waals surface area contributed by atoms with E-state index < -0.39 is 58.1 Å². The van der Waals surface area contributed by atoms with Crippen molar-refractivity contribution in [2.75, 3.05) is 23.0 Å². The van der Waals surface area contributed by atoms with Crippen molar-refractivity contribution >= 4 is 43.7 Å². The molecule has 0 aromatic rings. The van der Waals surface area contributed by atoms with Crippen molar-refractivity contribution in [1.29, 1.82) is 0 Å². The van der Waals surface area contributed by atoms with E-state index in [1.165, 1.54) is 0 Å². The second kappa shape index (κ2) is 11.3. The predicted octanol–water partition coefficient (Wildman–Crippen LogP) is -1.75. The monoisotopic (exact) mass is 370 g/mol. The van der Waals surface area contributed by atoms with Gasteiger partial charge in [-0.15, -0.1) is 0 Å². The molecule has 0 rings (SSSR count). The molecule has 0 radical (unpaired) electrons. The summed E-state index contributed by atoms with van der Waals surface area (Å²) < 4.78 is 37.9. The van der Waals surface area contributed by atoms with Crippen molar-refractivity contribution in [3.63, 3.8) is 0 Å². The number of hydrogen-bond donors (Lipinski definition) is 6. The van der Waals surface area contributed by atoms with Crippen LogP contribution in [0.25, 0.3) is 0 Å². The van der Waals surface area contributed by atoms with Crippen molar-refractivity contribution in [3.8, 4) is 0 Å². The third-order valence-electron chi connectivity index (χ3n) is 2.08. The quantitative estimate of drug-likeness (QED) is 0.140. The van der Waals surface area contributed by atoms with E-state index in [2.05, 4.69) is 0 Å². The van der Waals surface area contributed by atoms with Gasteiger partial charge < -0.3 is 29.5 Å². The van der Waals surface area contributed by atoms with Gasteiger partial charge in [0.15, 0.2) is 22.2 Å². The van der Waals surface area contributed by atoms with Crippen LogP contribution in [0.5, 0.6) is 0 Å². The molecule has 0 aromatic heterocycles. The zero-order chi connectivity index (χ0) is 15.7. The van der Waals surface area contributed by atoms with E-state index in [0.717, 1.165) is 21.6 Å². The number of hydrogen-bond acceptors (Lipinski definition) is 8. The van der Waals surface area contributed by atoms with Gasteiger partial charge in [-0.25, -0.2) is 8.42 Å². The summed E-state index contributed by atoms with van der Waals surface area (Å²) in [6, 6.07) is 0. The average Bonchev–Trinajstić information content (AvgIpc) is 2.32. The third kappa shape index (κ3) is 10.5. The fourth-order valence-electron chi connectivity index (χ4n) is 0.972. The van der Waals surface area contributed by atoms with Crippen LogP contribution in [0.2, 0.25) is 0 Å². The maximum atomic E-state index is 10.4. The van der Waals surface area contributed by atoms with Gasteiger partial charge in [0.1, 0.15) is 0 Å². The summed E-state index contributed by atoms with van der Waals surface area (Å²) in [6.07, 6.45) is -5.01. The van der Waals surface area contributed by atoms with Crippen molar-refractivity contribution in [2.45, 2.75) is 24.4 Å². The fraction of sp³-hybridized carbons (Fsp3) is 1.00. The number of rotatable bonds is 11. The van der Waals surface area contributed by atoms with Gasteiger partial charge in [0.05, 0.1) is 35.9 Å². The molecule has 12 heteroatoms. The molecule has 0 aliphatic heterocycles. The first-order chi connectivity index (χ1) is 9.23. The maximum Gasteiger partial charge on any atom is 0.155 e. The molecule has 6 atom stereocenters. The first-order valence-corrected chi connectivity index (χ1v) is 10.4. The summed E-state index contributed by atoms with van der Waals surface area (Å²) >= 11 is -4.39. The molecule has 0 aliphatic carbocycles. The highest BCUT2D eigenvalue weighted by Crippen LogP contribution is 2.24. The molecule has 8 nitrogen and oxygen atoms in total. The zero-order valence-electron chi connectivity index (χ0n) is 10.3. The smallest absolute Gasteiger partial charge is 0.155 e. The molecule has 0 saturated carbocycles. The van der Waals surface area contributed by atoms with Crippen molar-refractivity contribution in [1.82, 2.24) is 0 Å². The standard InChI is InChI=1S/C8H18O8S4/c9-5(7(11)3-19(13)14)1-17-18-2-6(10)8(12)4-20(15)16/h5-12H,1-4H2,(H,13,14)(H,15,16)/t5-,6-,7-,8-/m0/s1. The fourth-order valence-corrected chi connectivity index (χ4v) is 4.33. The Labute approximate surface area is 129 Å². The summed E-state index contributed by atoms with van der Waals surface area (Å²) in [6.45, 7) is 0. The first-order valence-electron chi connectivity index (χ1n) is 5.35. The van der Waals surface area contributed by atoms with Gasteiger partial charge >= 0.3 is 0 Å². The minimum absolute atomic E-state index is 0.0672. The Kier molecular flexibility index (Phi) is 11.8. The second-order valence-electron chi connectivity index (χ2n) is 3.81. The van der Waals surface area contributed by atoms with E-state index in [0.29, 0.717) is 0 Å². The highest BCUT2D eigenvalue weighted by molar-refractivity contribution is 8.76. The van der Waals surface area contributed by atoms with Crippen LogP contribution in [-0.4, -0.2) is 85.4 Å². The van der Waals surface area contributed by atoms with Crippen LogP contribution in [0.1, 0.15) is 0 Å². The first kappa shape index (κ1) is 20.8. The molecule has 6 N–H and O–H groups in total. The molecule has 0 aliphatic rings. The third-order valence-corrected chi connectivity index (χ3v) is 5.77.